The van der Waals surface area contributed by atoms with E-state index in [1.165, 1.54) is 11.3 Å². The topological polar surface area (TPSA) is 68.2 Å². The van der Waals surface area contributed by atoms with Crippen molar-refractivity contribution in [3.05, 3.63) is 34.5 Å². The van der Waals surface area contributed by atoms with Gasteiger partial charge in [0, 0.05) is 36.8 Å². The Labute approximate surface area is 133 Å². The summed E-state index contributed by atoms with van der Waals surface area (Å²) in [5, 5.41) is 1.79. The van der Waals surface area contributed by atoms with Crippen molar-refractivity contribution in [2.45, 2.75) is 19.8 Å². The van der Waals surface area contributed by atoms with Crippen LogP contribution in [0.5, 0.6) is 6.01 Å². The van der Waals surface area contributed by atoms with E-state index < -0.39 is 0 Å². The highest BCUT2D eigenvalue weighted by Crippen LogP contribution is 2.19. The summed E-state index contributed by atoms with van der Waals surface area (Å²) in [6, 6.07) is 0.397. The quantitative estimate of drug-likeness (QED) is 0.864. The molecule has 0 radical (unpaired) electrons. The Hall–Kier alpha value is -2.02. The first kappa shape index (κ1) is 14.9. The van der Waals surface area contributed by atoms with E-state index in [0.717, 1.165) is 24.9 Å². The Bertz CT molecular complexity index is 615. The fourth-order valence-corrected chi connectivity index (χ4v) is 3.04. The molecule has 0 saturated carbocycles. The fourth-order valence-electron chi connectivity index (χ4n) is 2.51. The van der Waals surface area contributed by atoms with Crippen LogP contribution in [-0.2, 0) is 0 Å². The molecule has 6 nitrogen and oxygen atoms in total. The molecule has 0 aliphatic carbocycles. The normalized spacial score (nSPS) is 18.2. The zero-order chi connectivity index (χ0) is 15.4. The first-order chi connectivity index (χ1) is 10.7. The smallest absolute Gasteiger partial charge is 0.316 e. The Morgan fingerprint density at radius 1 is 1.41 bits per heavy atom. The minimum absolute atomic E-state index is 0.0116. The van der Waals surface area contributed by atoms with E-state index in [4.69, 9.17) is 4.74 Å². The Balaban J connectivity index is 1.54. The van der Waals surface area contributed by atoms with Crippen LogP contribution in [0.4, 0.5) is 0 Å². The molecule has 22 heavy (non-hydrogen) atoms. The molecule has 7 heteroatoms. The number of ether oxygens (including phenoxy) is 1. The van der Waals surface area contributed by atoms with Crippen molar-refractivity contribution in [3.8, 4) is 6.01 Å². The van der Waals surface area contributed by atoms with Gasteiger partial charge in [-0.15, -0.1) is 11.3 Å². The van der Waals surface area contributed by atoms with E-state index in [0.29, 0.717) is 30.8 Å². The highest BCUT2D eigenvalue weighted by atomic mass is 32.1. The van der Waals surface area contributed by atoms with Gasteiger partial charge in [0.25, 0.3) is 5.91 Å². The van der Waals surface area contributed by atoms with Crippen LogP contribution in [0.2, 0.25) is 0 Å². The van der Waals surface area contributed by atoms with Gasteiger partial charge >= 0.3 is 6.01 Å². The number of piperidine rings is 1. The van der Waals surface area contributed by atoms with Crippen LogP contribution in [0.3, 0.4) is 0 Å². The van der Waals surface area contributed by atoms with Gasteiger partial charge in [-0.05, 0) is 25.3 Å². The molecule has 1 atom stereocenters. The van der Waals surface area contributed by atoms with Gasteiger partial charge in [-0.1, -0.05) is 0 Å². The minimum Gasteiger partial charge on any atom is -0.463 e. The molecule has 3 rings (SSSR count). The molecule has 1 saturated heterocycles. The van der Waals surface area contributed by atoms with Gasteiger partial charge in [-0.25, -0.2) is 15.0 Å². The number of aryl methyl sites for hydroxylation is 1. The molecule has 0 spiro atoms. The standard InChI is InChI=1S/C15H18N4O2S/c1-11-5-16-15(17-6-11)21-8-12-3-2-4-19(7-12)14(20)13-9-22-10-18-13/h5-6,9-10,12H,2-4,7-8H2,1H3. The van der Waals surface area contributed by atoms with Gasteiger partial charge in [0.1, 0.15) is 5.69 Å². The molecule has 0 aromatic carbocycles. The number of carbonyl (C=O) groups is 1. The Morgan fingerprint density at radius 3 is 2.95 bits per heavy atom. The number of carbonyl (C=O) groups excluding carboxylic acids is 1. The second-order valence-electron chi connectivity index (χ2n) is 5.49. The second kappa shape index (κ2) is 6.83. The molecule has 1 fully saturated rings. The predicted molar refractivity (Wildman–Crippen MR) is 83.0 cm³/mol. The van der Waals surface area contributed by atoms with E-state index >= 15 is 0 Å². The molecule has 2 aromatic rings. The third-order valence-electron chi connectivity index (χ3n) is 3.66. The number of amides is 1. The van der Waals surface area contributed by atoms with E-state index in [9.17, 15) is 4.79 Å². The van der Waals surface area contributed by atoms with Crippen LogP contribution in [0, 0.1) is 12.8 Å². The van der Waals surface area contributed by atoms with E-state index in [1.807, 2.05) is 11.8 Å². The molecule has 1 aliphatic heterocycles. The van der Waals surface area contributed by atoms with E-state index in [2.05, 4.69) is 15.0 Å². The van der Waals surface area contributed by atoms with Crippen LogP contribution in [0.15, 0.2) is 23.3 Å². The van der Waals surface area contributed by atoms with Crippen LogP contribution in [-0.4, -0.2) is 45.5 Å². The van der Waals surface area contributed by atoms with Crippen molar-refractivity contribution < 1.29 is 9.53 Å². The first-order valence-electron chi connectivity index (χ1n) is 7.31. The van der Waals surface area contributed by atoms with Crippen molar-refractivity contribution in [1.29, 1.82) is 0 Å². The summed E-state index contributed by atoms with van der Waals surface area (Å²) in [6.07, 6.45) is 5.51. The zero-order valence-electron chi connectivity index (χ0n) is 12.4. The third kappa shape index (κ3) is 3.59. The summed E-state index contributed by atoms with van der Waals surface area (Å²) >= 11 is 1.44. The van der Waals surface area contributed by atoms with Gasteiger partial charge in [-0.3, -0.25) is 4.79 Å². The average molecular weight is 318 g/mol. The summed E-state index contributed by atoms with van der Waals surface area (Å²) in [6.45, 7) is 3.95. The van der Waals surface area contributed by atoms with Gasteiger partial charge in [-0.2, -0.15) is 0 Å². The molecule has 116 valence electrons. The molecule has 2 aromatic heterocycles. The monoisotopic (exact) mass is 318 g/mol. The Morgan fingerprint density at radius 2 is 2.23 bits per heavy atom. The van der Waals surface area contributed by atoms with Crippen LogP contribution in [0.1, 0.15) is 28.9 Å². The lowest BCUT2D eigenvalue weighted by Crippen LogP contribution is -2.41. The summed E-state index contributed by atoms with van der Waals surface area (Å²) < 4.78 is 5.65. The second-order valence-corrected chi connectivity index (χ2v) is 6.21. The lowest BCUT2D eigenvalue weighted by Gasteiger charge is -2.32. The van der Waals surface area contributed by atoms with Gasteiger partial charge in [0.15, 0.2) is 0 Å². The molecule has 1 amide bonds. The molecule has 1 aliphatic rings. The molecule has 0 N–H and O–H groups in total. The SMILES string of the molecule is Cc1cnc(OCC2CCCN(C(=O)c3cscn3)C2)nc1. The maximum atomic E-state index is 12.3. The van der Waals surface area contributed by atoms with E-state index in [1.54, 1.807) is 23.3 Å². The number of aromatic nitrogens is 3. The minimum atomic E-state index is 0.0116. The fraction of sp³-hybridized carbons (Fsp3) is 0.467. The molecule has 0 bridgehead atoms. The maximum Gasteiger partial charge on any atom is 0.316 e. The van der Waals surface area contributed by atoms with Crippen molar-refractivity contribution in [1.82, 2.24) is 19.9 Å². The predicted octanol–water partition coefficient (Wildman–Crippen LogP) is 2.17. The molecule has 3 heterocycles. The number of rotatable bonds is 4. The summed E-state index contributed by atoms with van der Waals surface area (Å²) in [4.78, 5) is 26.6. The van der Waals surface area contributed by atoms with E-state index in [-0.39, 0.29) is 5.91 Å². The summed E-state index contributed by atoms with van der Waals surface area (Å²) in [5.41, 5.74) is 3.23. The van der Waals surface area contributed by atoms with Crippen LogP contribution in [0.25, 0.3) is 0 Å². The lowest BCUT2D eigenvalue weighted by molar-refractivity contribution is 0.0623. The maximum absolute atomic E-state index is 12.3. The molecular formula is C15H18N4O2S. The summed E-state index contributed by atoms with van der Waals surface area (Å²) in [7, 11) is 0. The van der Waals surface area contributed by atoms with Crippen molar-refractivity contribution in [2.24, 2.45) is 5.92 Å². The van der Waals surface area contributed by atoms with Crippen molar-refractivity contribution in [2.75, 3.05) is 19.7 Å². The molecular weight excluding hydrogens is 300 g/mol. The number of hydrogen-bond donors (Lipinski definition) is 0. The van der Waals surface area contributed by atoms with Gasteiger partial charge < -0.3 is 9.64 Å². The Kier molecular flexibility index (Phi) is 4.62. The number of nitrogens with zero attached hydrogens (tertiary/aromatic N) is 4. The van der Waals surface area contributed by atoms with Crippen molar-refractivity contribution >= 4 is 17.2 Å². The van der Waals surface area contributed by atoms with Gasteiger partial charge in [0.2, 0.25) is 0 Å². The van der Waals surface area contributed by atoms with Crippen LogP contribution >= 0.6 is 11.3 Å². The average Bonchev–Trinajstić information content (AvgIpc) is 3.08. The zero-order valence-corrected chi connectivity index (χ0v) is 13.3. The highest BCUT2D eigenvalue weighted by molar-refractivity contribution is 7.07. The molecule has 1 unspecified atom stereocenters. The van der Waals surface area contributed by atoms with Crippen molar-refractivity contribution in [3.63, 3.8) is 0 Å². The summed E-state index contributed by atoms with van der Waals surface area (Å²) in [5.74, 6) is 0.318. The first-order valence-corrected chi connectivity index (χ1v) is 8.25. The van der Waals surface area contributed by atoms with Gasteiger partial charge in [0.05, 0.1) is 12.1 Å². The largest absolute Gasteiger partial charge is 0.463 e. The highest BCUT2D eigenvalue weighted by Gasteiger charge is 2.26. The number of thiazole rings is 1. The van der Waals surface area contributed by atoms with Crippen LogP contribution < -0.4 is 4.74 Å². The number of hydrogen-bond acceptors (Lipinski definition) is 6. The lowest BCUT2D eigenvalue weighted by atomic mass is 9.99. The third-order valence-corrected chi connectivity index (χ3v) is 4.25. The number of likely N-dealkylation sites (tertiary alicyclic amines) is 1.